The van der Waals surface area contributed by atoms with Gasteiger partial charge in [-0.25, -0.2) is 0 Å². The minimum Gasteiger partial charge on any atom is -0.352 e. The minimum atomic E-state index is -0.236. The molecule has 0 spiro atoms. The molecule has 0 saturated carbocycles. The lowest BCUT2D eigenvalue weighted by atomic mass is 9.83. The van der Waals surface area contributed by atoms with E-state index in [2.05, 4.69) is 5.32 Å². The Balaban J connectivity index is 1.99. The van der Waals surface area contributed by atoms with Crippen LogP contribution < -0.4 is 5.32 Å². The van der Waals surface area contributed by atoms with Crippen LogP contribution in [0.3, 0.4) is 0 Å². The zero-order chi connectivity index (χ0) is 16.6. The molecular weight excluding hydrogens is 290 g/mol. The Bertz CT molecular complexity index is 821. The minimum absolute atomic E-state index is 0.177. The molecule has 1 amide bonds. The highest BCUT2D eigenvalue weighted by Gasteiger charge is 2.29. The number of carbonyl (C=O) groups excluding carboxylic acids is 3. The molecule has 23 heavy (non-hydrogen) atoms. The molecule has 0 aliphatic heterocycles. The standard InChI is InChI=1S/C19H17NO3/c1-11(2)10-20-19(23)12-7-8-15-16(9-12)18(22)14-6-4-3-5-13(14)17(15)21/h3-9,11H,10H2,1-2H3,(H,20,23). The highest BCUT2D eigenvalue weighted by atomic mass is 16.2. The van der Waals surface area contributed by atoms with Gasteiger partial charge in [0.1, 0.15) is 0 Å². The fraction of sp³-hybridized carbons (Fsp3) is 0.211. The summed E-state index contributed by atoms with van der Waals surface area (Å²) in [6.07, 6.45) is 0. The van der Waals surface area contributed by atoms with E-state index in [1.807, 2.05) is 13.8 Å². The summed E-state index contributed by atoms with van der Waals surface area (Å²) in [7, 11) is 0. The van der Waals surface area contributed by atoms with Gasteiger partial charge in [0.05, 0.1) is 0 Å². The molecule has 0 radical (unpaired) electrons. The summed E-state index contributed by atoms with van der Waals surface area (Å²) in [6, 6.07) is 11.4. The number of hydrogen-bond donors (Lipinski definition) is 1. The Labute approximate surface area is 134 Å². The maximum absolute atomic E-state index is 12.6. The first kappa shape index (κ1) is 15.2. The van der Waals surface area contributed by atoms with Gasteiger partial charge in [0.2, 0.25) is 0 Å². The van der Waals surface area contributed by atoms with Crippen LogP contribution in [0.4, 0.5) is 0 Å². The summed E-state index contributed by atoms with van der Waals surface area (Å²) in [5, 5.41) is 2.82. The maximum Gasteiger partial charge on any atom is 0.251 e. The molecule has 0 heterocycles. The molecule has 0 aromatic heterocycles. The van der Waals surface area contributed by atoms with Gasteiger partial charge in [-0.05, 0) is 24.1 Å². The van der Waals surface area contributed by atoms with Crippen molar-refractivity contribution in [3.05, 3.63) is 70.3 Å². The molecule has 4 nitrogen and oxygen atoms in total. The number of fused-ring (bicyclic) bond motifs is 2. The number of nitrogens with one attached hydrogen (secondary N) is 1. The van der Waals surface area contributed by atoms with Crippen molar-refractivity contribution in [2.75, 3.05) is 6.54 Å². The predicted octanol–water partition coefficient (Wildman–Crippen LogP) is 2.85. The molecule has 1 N–H and O–H groups in total. The van der Waals surface area contributed by atoms with Crippen LogP contribution in [0.5, 0.6) is 0 Å². The van der Waals surface area contributed by atoms with E-state index in [0.717, 1.165) is 0 Å². The van der Waals surface area contributed by atoms with Crippen molar-refractivity contribution < 1.29 is 14.4 Å². The maximum atomic E-state index is 12.6. The van der Waals surface area contributed by atoms with E-state index in [1.165, 1.54) is 6.07 Å². The Morgan fingerprint density at radius 1 is 0.913 bits per heavy atom. The van der Waals surface area contributed by atoms with E-state index in [1.54, 1.807) is 36.4 Å². The van der Waals surface area contributed by atoms with Gasteiger partial charge >= 0.3 is 0 Å². The number of benzene rings is 2. The Kier molecular flexibility index (Phi) is 3.82. The van der Waals surface area contributed by atoms with Gasteiger partial charge in [0, 0.05) is 34.4 Å². The summed E-state index contributed by atoms with van der Waals surface area (Å²) in [5.41, 5.74) is 1.86. The van der Waals surface area contributed by atoms with Crippen molar-refractivity contribution in [2.45, 2.75) is 13.8 Å². The number of carbonyl (C=O) groups is 3. The number of rotatable bonds is 3. The monoisotopic (exact) mass is 307 g/mol. The van der Waals surface area contributed by atoms with E-state index in [9.17, 15) is 14.4 Å². The van der Waals surface area contributed by atoms with E-state index in [-0.39, 0.29) is 17.5 Å². The third-order valence-electron chi connectivity index (χ3n) is 3.86. The van der Waals surface area contributed by atoms with Gasteiger partial charge in [0.15, 0.2) is 11.6 Å². The Morgan fingerprint density at radius 3 is 2.09 bits per heavy atom. The molecular formula is C19H17NO3. The SMILES string of the molecule is CC(C)CNC(=O)c1ccc2c(c1)C(=O)c1ccccc1C2=O. The lowest BCUT2D eigenvalue weighted by Gasteiger charge is -2.18. The van der Waals surface area contributed by atoms with Crippen LogP contribution in [-0.4, -0.2) is 24.0 Å². The van der Waals surface area contributed by atoms with Gasteiger partial charge in [-0.3, -0.25) is 14.4 Å². The highest BCUT2D eigenvalue weighted by molar-refractivity contribution is 6.28. The first-order valence-corrected chi connectivity index (χ1v) is 7.59. The van der Waals surface area contributed by atoms with Crippen molar-refractivity contribution in [3.63, 3.8) is 0 Å². The average molecular weight is 307 g/mol. The molecule has 116 valence electrons. The first-order valence-electron chi connectivity index (χ1n) is 7.59. The smallest absolute Gasteiger partial charge is 0.251 e. The molecule has 2 aromatic carbocycles. The van der Waals surface area contributed by atoms with Gasteiger partial charge in [-0.2, -0.15) is 0 Å². The van der Waals surface area contributed by atoms with Gasteiger partial charge in [-0.15, -0.1) is 0 Å². The second-order valence-electron chi connectivity index (χ2n) is 6.07. The third-order valence-corrected chi connectivity index (χ3v) is 3.86. The number of hydrogen-bond acceptors (Lipinski definition) is 3. The summed E-state index contributed by atoms with van der Waals surface area (Å²) >= 11 is 0. The summed E-state index contributed by atoms with van der Waals surface area (Å²) in [4.78, 5) is 37.3. The van der Waals surface area contributed by atoms with Crippen LogP contribution in [0.15, 0.2) is 42.5 Å². The third kappa shape index (κ3) is 2.68. The zero-order valence-corrected chi connectivity index (χ0v) is 13.1. The molecule has 4 heteroatoms. The van der Waals surface area contributed by atoms with E-state index in [0.29, 0.717) is 40.3 Å². The van der Waals surface area contributed by atoms with Crippen LogP contribution in [-0.2, 0) is 0 Å². The Morgan fingerprint density at radius 2 is 1.48 bits per heavy atom. The largest absolute Gasteiger partial charge is 0.352 e. The normalized spacial score (nSPS) is 12.8. The topological polar surface area (TPSA) is 63.2 Å². The molecule has 0 atom stereocenters. The Hall–Kier alpha value is -2.75. The number of ketones is 2. The molecule has 1 aliphatic rings. The second-order valence-corrected chi connectivity index (χ2v) is 6.07. The van der Waals surface area contributed by atoms with E-state index in [4.69, 9.17) is 0 Å². The quantitative estimate of drug-likeness (QED) is 0.809. The van der Waals surface area contributed by atoms with Gasteiger partial charge < -0.3 is 5.32 Å². The summed E-state index contributed by atoms with van der Waals surface area (Å²) < 4.78 is 0. The summed E-state index contributed by atoms with van der Waals surface area (Å²) in [5.74, 6) is -0.287. The molecule has 0 unspecified atom stereocenters. The molecule has 0 saturated heterocycles. The molecule has 0 bridgehead atoms. The fourth-order valence-corrected chi connectivity index (χ4v) is 2.64. The molecule has 3 rings (SSSR count). The highest BCUT2D eigenvalue weighted by Crippen LogP contribution is 2.27. The van der Waals surface area contributed by atoms with E-state index < -0.39 is 0 Å². The van der Waals surface area contributed by atoms with Crippen LogP contribution in [0.2, 0.25) is 0 Å². The second kappa shape index (κ2) is 5.80. The van der Waals surface area contributed by atoms with Crippen LogP contribution >= 0.6 is 0 Å². The van der Waals surface area contributed by atoms with Gasteiger partial charge in [-0.1, -0.05) is 38.1 Å². The van der Waals surface area contributed by atoms with Crippen molar-refractivity contribution in [3.8, 4) is 0 Å². The van der Waals surface area contributed by atoms with Crippen LogP contribution in [0, 0.1) is 5.92 Å². The average Bonchev–Trinajstić information content (AvgIpc) is 2.57. The van der Waals surface area contributed by atoms with Crippen molar-refractivity contribution >= 4 is 17.5 Å². The van der Waals surface area contributed by atoms with Crippen molar-refractivity contribution in [2.24, 2.45) is 5.92 Å². The predicted molar refractivity (Wildman–Crippen MR) is 86.9 cm³/mol. The van der Waals surface area contributed by atoms with Crippen molar-refractivity contribution in [1.29, 1.82) is 0 Å². The number of amides is 1. The fourth-order valence-electron chi connectivity index (χ4n) is 2.64. The zero-order valence-electron chi connectivity index (χ0n) is 13.1. The first-order chi connectivity index (χ1) is 11.0. The molecule has 1 aliphatic carbocycles. The van der Waals surface area contributed by atoms with Crippen molar-refractivity contribution in [1.82, 2.24) is 5.32 Å². The van der Waals surface area contributed by atoms with Gasteiger partial charge in [0.25, 0.3) is 5.91 Å². The van der Waals surface area contributed by atoms with Crippen LogP contribution in [0.25, 0.3) is 0 Å². The summed E-state index contributed by atoms with van der Waals surface area (Å²) in [6.45, 7) is 4.57. The van der Waals surface area contributed by atoms with Crippen LogP contribution in [0.1, 0.15) is 56.0 Å². The van der Waals surface area contributed by atoms with E-state index >= 15 is 0 Å². The molecule has 0 fully saturated rings. The lowest BCUT2D eigenvalue weighted by Crippen LogP contribution is -2.28. The molecule has 2 aromatic rings. The lowest BCUT2D eigenvalue weighted by molar-refractivity contribution is 0.0946.